The van der Waals surface area contributed by atoms with Gasteiger partial charge in [0, 0.05) is 11.5 Å². The van der Waals surface area contributed by atoms with E-state index in [0.29, 0.717) is 5.92 Å². The lowest BCUT2D eigenvalue weighted by molar-refractivity contribution is 0.309. The van der Waals surface area contributed by atoms with Crippen molar-refractivity contribution in [3.63, 3.8) is 0 Å². The second kappa shape index (κ2) is 9.44. The molecule has 1 aliphatic carbocycles. The molecule has 0 nitrogen and oxygen atoms in total. The first kappa shape index (κ1) is 18.5. The first-order chi connectivity index (χ1) is 12.8. The molecule has 2 aromatic carbocycles. The molecule has 0 heterocycles. The highest BCUT2D eigenvalue weighted by molar-refractivity contribution is 5.64. The van der Waals surface area contributed by atoms with Gasteiger partial charge in [-0.3, -0.25) is 0 Å². The van der Waals surface area contributed by atoms with Crippen LogP contribution in [0.4, 0.5) is 0 Å². The van der Waals surface area contributed by atoms with E-state index in [1.807, 2.05) is 6.08 Å². The Hall–Kier alpha value is -2.26. The molecule has 0 bridgehead atoms. The maximum Gasteiger partial charge on any atom is 0.0245 e. The Morgan fingerprint density at radius 2 is 1.54 bits per heavy atom. The summed E-state index contributed by atoms with van der Waals surface area (Å²) in [6.45, 7) is 6.10. The highest BCUT2D eigenvalue weighted by atomic mass is 14.2. The van der Waals surface area contributed by atoms with Crippen molar-refractivity contribution in [3.8, 4) is 23.0 Å². The first-order valence-electron chi connectivity index (χ1n) is 10.1. The largest absolute Gasteiger partial charge is 0.103 e. The standard InChI is InChI=1S/C26H30/c1-3-5-6-22-13-17-25(18-14-22)26-19-15-24(16-20-26)12-11-23-9-7-21(4-2)8-10-23/h3,13-21,23H,1,4-10H2,2H3. The molecule has 3 rings (SSSR count). The smallest absolute Gasteiger partial charge is 0.0245 e. The Morgan fingerprint density at radius 1 is 0.923 bits per heavy atom. The molecule has 0 heteroatoms. The van der Waals surface area contributed by atoms with E-state index >= 15 is 0 Å². The lowest BCUT2D eigenvalue weighted by Gasteiger charge is -2.24. The summed E-state index contributed by atoms with van der Waals surface area (Å²) in [7, 11) is 0. The Balaban J connectivity index is 1.60. The summed E-state index contributed by atoms with van der Waals surface area (Å²) in [4.78, 5) is 0. The lowest BCUT2D eigenvalue weighted by atomic mass is 9.81. The summed E-state index contributed by atoms with van der Waals surface area (Å²) >= 11 is 0. The monoisotopic (exact) mass is 342 g/mol. The molecular weight excluding hydrogens is 312 g/mol. The summed E-state index contributed by atoms with van der Waals surface area (Å²) in [5.74, 6) is 8.45. The highest BCUT2D eigenvalue weighted by Gasteiger charge is 2.17. The number of allylic oxidation sites excluding steroid dienone is 1. The summed E-state index contributed by atoms with van der Waals surface area (Å²) in [6.07, 6.45) is 10.7. The molecule has 0 saturated heterocycles. The Kier molecular flexibility index (Phi) is 6.73. The van der Waals surface area contributed by atoms with Gasteiger partial charge >= 0.3 is 0 Å². The lowest BCUT2D eigenvalue weighted by Crippen LogP contribution is -2.12. The maximum absolute atomic E-state index is 3.79. The third-order valence-electron chi connectivity index (χ3n) is 5.65. The van der Waals surface area contributed by atoms with Crippen molar-refractivity contribution in [3.05, 3.63) is 72.3 Å². The Morgan fingerprint density at radius 3 is 2.12 bits per heavy atom. The number of hydrogen-bond donors (Lipinski definition) is 0. The van der Waals surface area contributed by atoms with Gasteiger partial charge in [0.2, 0.25) is 0 Å². The molecule has 26 heavy (non-hydrogen) atoms. The molecule has 1 saturated carbocycles. The van der Waals surface area contributed by atoms with Crippen molar-refractivity contribution in [2.45, 2.75) is 51.9 Å². The second-order valence-corrected chi connectivity index (χ2v) is 7.50. The Labute approximate surface area is 159 Å². The fourth-order valence-corrected chi connectivity index (χ4v) is 3.78. The Bertz CT molecular complexity index is 744. The van der Waals surface area contributed by atoms with E-state index in [4.69, 9.17) is 0 Å². The number of aryl methyl sites for hydroxylation is 1. The van der Waals surface area contributed by atoms with Gasteiger partial charge in [-0.25, -0.2) is 0 Å². The van der Waals surface area contributed by atoms with Crippen LogP contribution in [0.3, 0.4) is 0 Å². The highest BCUT2D eigenvalue weighted by Crippen LogP contribution is 2.30. The first-order valence-corrected chi connectivity index (χ1v) is 10.1. The van der Waals surface area contributed by atoms with Crippen LogP contribution >= 0.6 is 0 Å². The topological polar surface area (TPSA) is 0 Å². The van der Waals surface area contributed by atoms with Crippen molar-refractivity contribution in [2.24, 2.45) is 11.8 Å². The van der Waals surface area contributed by atoms with Gasteiger partial charge in [-0.1, -0.05) is 67.7 Å². The van der Waals surface area contributed by atoms with Gasteiger partial charge in [-0.15, -0.1) is 6.58 Å². The fourth-order valence-electron chi connectivity index (χ4n) is 3.78. The van der Waals surface area contributed by atoms with Gasteiger partial charge < -0.3 is 0 Å². The van der Waals surface area contributed by atoms with Crippen LogP contribution in [0.15, 0.2) is 61.2 Å². The fraction of sp³-hybridized carbons (Fsp3) is 0.385. The second-order valence-electron chi connectivity index (χ2n) is 7.50. The molecule has 134 valence electrons. The van der Waals surface area contributed by atoms with E-state index in [1.54, 1.807) is 0 Å². The third-order valence-corrected chi connectivity index (χ3v) is 5.65. The minimum absolute atomic E-state index is 0.598. The predicted octanol–water partition coefficient (Wildman–Crippen LogP) is 7.04. The predicted molar refractivity (Wildman–Crippen MR) is 113 cm³/mol. The van der Waals surface area contributed by atoms with Crippen LogP contribution < -0.4 is 0 Å². The average Bonchev–Trinajstić information content (AvgIpc) is 2.72. The van der Waals surface area contributed by atoms with Crippen LogP contribution in [0.1, 0.15) is 56.6 Å². The van der Waals surface area contributed by atoms with E-state index in [9.17, 15) is 0 Å². The summed E-state index contributed by atoms with van der Waals surface area (Å²) in [5.41, 5.74) is 5.03. The molecule has 2 aromatic rings. The molecule has 0 aliphatic heterocycles. The number of benzene rings is 2. The van der Waals surface area contributed by atoms with Crippen molar-refractivity contribution in [1.82, 2.24) is 0 Å². The third kappa shape index (κ3) is 5.12. The van der Waals surface area contributed by atoms with Gasteiger partial charge in [0.1, 0.15) is 0 Å². The zero-order chi connectivity index (χ0) is 18.2. The summed E-state index contributed by atoms with van der Waals surface area (Å²) in [6, 6.07) is 17.6. The number of hydrogen-bond acceptors (Lipinski definition) is 0. The van der Waals surface area contributed by atoms with Crippen molar-refractivity contribution in [1.29, 1.82) is 0 Å². The van der Waals surface area contributed by atoms with E-state index in [1.165, 1.54) is 48.8 Å². The maximum atomic E-state index is 3.79. The van der Waals surface area contributed by atoms with Gasteiger partial charge in [-0.2, -0.15) is 0 Å². The van der Waals surface area contributed by atoms with Gasteiger partial charge in [-0.05, 0) is 73.3 Å². The minimum Gasteiger partial charge on any atom is -0.103 e. The summed E-state index contributed by atoms with van der Waals surface area (Å²) < 4.78 is 0. The molecule has 0 amide bonds. The normalized spacial score (nSPS) is 19.4. The molecule has 0 aromatic heterocycles. The molecule has 0 N–H and O–H groups in total. The zero-order valence-electron chi connectivity index (χ0n) is 16.0. The molecule has 0 radical (unpaired) electrons. The van der Waals surface area contributed by atoms with Crippen LogP contribution in [-0.4, -0.2) is 0 Å². The number of rotatable bonds is 5. The van der Waals surface area contributed by atoms with E-state index < -0.39 is 0 Å². The van der Waals surface area contributed by atoms with Crippen LogP contribution in [0.25, 0.3) is 11.1 Å². The van der Waals surface area contributed by atoms with Crippen molar-refractivity contribution < 1.29 is 0 Å². The quantitative estimate of drug-likeness (QED) is 0.404. The molecular formula is C26H30. The molecule has 0 atom stereocenters. The average molecular weight is 343 g/mol. The van der Waals surface area contributed by atoms with E-state index in [2.05, 4.69) is 73.9 Å². The molecule has 0 unspecified atom stereocenters. The minimum atomic E-state index is 0.598. The van der Waals surface area contributed by atoms with Crippen molar-refractivity contribution in [2.75, 3.05) is 0 Å². The van der Waals surface area contributed by atoms with E-state index in [-0.39, 0.29) is 0 Å². The molecule has 1 fully saturated rings. The summed E-state index contributed by atoms with van der Waals surface area (Å²) in [5, 5.41) is 0. The van der Waals surface area contributed by atoms with Gasteiger partial charge in [0.25, 0.3) is 0 Å². The van der Waals surface area contributed by atoms with E-state index in [0.717, 1.165) is 24.3 Å². The van der Waals surface area contributed by atoms with Crippen LogP contribution in [0, 0.1) is 23.7 Å². The zero-order valence-corrected chi connectivity index (χ0v) is 16.0. The van der Waals surface area contributed by atoms with Gasteiger partial charge in [0.15, 0.2) is 0 Å². The van der Waals surface area contributed by atoms with Crippen LogP contribution in [0.5, 0.6) is 0 Å². The molecule has 1 aliphatic rings. The van der Waals surface area contributed by atoms with Gasteiger partial charge in [0.05, 0.1) is 0 Å². The van der Waals surface area contributed by atoms with Crippen LogP contribution in [-0.2, 0) is 6.42 Å². The molecule has 0 spiro atoms. The SMILES string of the molecule is C=CCCc1ccc(-c2ccc(C#CC3CCC(CC)CC3)cc2)cc1. The van der Waals surface area contributed by atoms with Crippen molar-refractivity contribution >= 4 is 0 Å². The van der Waals surface area contributed by atoms with Crippen LogP contribution in [0.2, 0.25) is 0 Å².